The summed E-state index contributed by atoms with van der Waals surface area (Å²) in [6.45, 7) is 0.886. The van der Waals surface area contributed by atoms with Gasteiger partial charge >= 0.3 is 0 Å². The summed E-state index contributed by atoms with van der Waals surface area (Å²) in [5.41, 5.74) is 0.255. The van der Waals surface area contributed by atoms with Gasteiger partial charge in [-0.15, -0.1) is 0 Å². The third-order valence-corrected chi connectivity index (χ3v) is 2.83. The molecule has 0 aromatic heterocycles. The van der Waals surface area contributed by atoms with E-state index in [4.69, 9.17) is 9.47 Å². The van der Waals surface area contributed by atoms with Gasteiger partial charge in [-0.1, -0.05) is 15.9 Å². The van der Waals surface area contributed by atoms with Crippen LogP contribution in [0, 0.1) is 5.82 Å². The zero-order chi connectivity index (χ0) is 13.5. The molecule has 0 aliphatic carbocycles. The maximum absolute atomic E-state index is 13.4. The van der Waals surface area contributed by atoms with Crippen LogP contribution in [0.1, 0.15) is 10.4 Å². The summed E-state index contributed by atoms with van der Waals surface area (Å²) in [5.74, 6) is -0.779. The zero-order valence-electron chi connectivity index (χ0n) is 10.2. The molecule has 1 unspecified atom stereocenters. The van der Waals surface area contributed by atoms with Gasteiger partial charge in [0.15, 0.2) is 11.6 Å². The highest BCUT2D eigenvalue weighted by molar-refractivity contribution is 9.09. The van der Waals surface area contributed by atoms with Crippen LogP contribution in [-0.2, 0) is 4.74 Å². The van der Waals surface area contributed by atoms with Gasteiger partial charge in [0.2, 0.25) is 0 Å². The summed E-state index contributed by atoms with van der Waals surface area (Å²) in [6.07, 6.45) is 0. The van der Waals surface area contributed by atoms with Gasteiger partial charge < -0.3 is 14.8 Å². The monoisotopic (exact) mass is 319 g/mol. The van der Waals surface area contributed by atoms with E-state index in [1.165, 1.54) is 19.2 Å². The number of methoxy groups -OCH3 is 2. The number of ether oxygens (including phenoxy) is 2. The van der Waals surface area contributed by atoms with E-state index in [0.717, 1.165) is 6.07 Å². The van der Waals surface area contributed by atoms with Crippen LogP contribution in [0.2, 0.25) is 0 Å². The Balaban J connectivity index is 2.59. The van der Waals surface area contributed by atoms with Crippen molar-refractivity contribution < 1.29 is 18.7 Å². The van der Waals surface area contributed by atoms with Crippen molar-refractivity contribution in [3.05, 3.63) is 29.6 Å². The van der Waals surface area contributed by atoms with Gasteiger partial charge in [-0.2, -0.15) is 0 Å². The standard InChI is InChI=1S/C12H15BrFNO3/c1-17-7-9(13)6-15-12(16)8-3-4-11(18-2)10(14)5-8/h3-5,9H,6-7H2,1-2H3,(H,15,16). The first kappa shape index (κ1) is 14.9. The van der Waals surface area contributed by atoms with Crippen molar-refractivity contribution in [2.75, 3.05) is 27.4 Å². The summed E-state index contributed by atoms with van der Waals surface area (Å²) in [6, 6.07) is 4.08. The normalized spacial score (nSPS) is 12.0. The number of nitrogens with one attached hydrogen (secondary N) is 1. The molecule has 0 bridgehead atoms. The number of carbonyl (C=O) groups is 1. The van der Waals surface area contributed by atoms with Gasteiger partial charge in [0.1, 0.15) is 0 Å². The lowest BCUT2D eigenvalue weighted by Crippen LogP contribution is -2.31. The molecule has 1 aromatic carbocycles. The molecular weight excluding hydrogens is 305 g/mol. The average Bonchev–Trinajstić information content (AvgIpc) is 2.36. The molecule has 1 N–H and O–H groups in total. The highest BCUT2D eigenvalue weighted by atomic mass is 79.9. The molecule has 0 aliphatic rings. The smallest absolute Gasteiger partial charge is 0.251 e. The molecule has 18 heavy (non-hydrogen) atoms. The highest BCUT2D eigenvalue weighted by Crippen LogP contribution is 2.17. The molecule has 6 heteroatoms. The second-order valence-corrected chi connectivity index (χ2v) is 4.91. The first-order chi connectivity index (χ1) is 8.58. The predicted molar refractivity (Wildman–Crippen MR) is 69.9 cm³/mol. The van der Waals surface area contributed by atoms with Gasteiger partial charge in [0, 0.05) is 19.2 Å². The Morgan fingerprint density at radius 2 is 2.22 bits per heavy atom. The highest BCUT2D eigenvalue weighted by Gasteiger charge is 2.11. The van der Waals surface area contributed by atoms with Crippen molar-refractivity contribution in [1.29, 1.82) is 0 Å². The van der Waals surface area contributed by atoms with E-state index in [1.54, 1.807) is 7.11 Å². The Morgan fingerprint density at radius 1 is 1.50 bits per heavy atom. The van der Waals surface area contributed by atoms with Crippen molar-refractivity contribution in [1.82, 2.24) is 5.32 Å². The number of hydrogen-bond donors (Lipinski definition) is 1. The minimum absolute atomic E-state index is 0.0227. The minimum atomic E-state index is -0.558. The van der Waals surface area contributed by atoms with Crippen LogP contribution in [0.5, 0.6) is 5.75 Å². The molecule has 0 heterocycles. The lowest BCUT2D eigenvalue weighted by Gasteiger charge is -2.10. The van der Waals surface area contributed by atoms with E-state index in [1.807, 2.05) is 0 Å². The molecule has 0 aliphatic heterocycles. The summed E-state index contributed by atoms with van der Waals surface area (Å²) in [4.78, 5) is 11.7. The molecule has 0 radical (unpaired) electrons. The minimum Gasteiger partial charge on any atom is -0.494 e. The topological polar surface area (TPSA) is 47.6 Å². The summed E-state index contributed by atoms with van der Waals surface area (Å²) >= 11 is 3.34. The summed E-state index contributed by atoms with van der Waals surface area (Å²) in [7, 11) is 2.95. The van der Waals surface area contributed by atoms with Crippen LogP contribution in [-0.4, -0.2) is 38.1 Å². The van der Waals surface area contributed by atoms with E-state index < -0.39 is 5.82 Å². The lowest BCUT2D eigenvalue weighted by atomic mass is 10.2. The van der Waals surface area contributed by atoms with Gasteiger partial charge in [0.25, 0.3) is 5.91 Å². The van der Waals surface area contributed by atoms with E-state index in [0.29, 0.717) is 13.2 Å². The van der Waals surface area contributed by atoms with Crippen LogP contribution >= 0.6 is 15.9 Å². The van der Waals surface area contributed by atoms with Crippen molar-refractivity contribution in [3.63, 3.8) is 0 Å². The molecule has 1 amide bonds. The van der Waals surface area contributed by atoms with Crippen LogP contribution in [0.25, 0.3) is 0 Å². The molecule has 0 saturated carbocycles. The summed E-state index contributed by atoms with van der Waals surface area (Å²) in [5, 5.41) is 2.67. The molecule has 1 aromatic rings. The Morgan fingerprint density at radius 3 is 2.78 bits per heavy atom. The fourth-order valence-electron chi connectivity index (χ4n) is 1.35. The Labute approximate surface area is 114 Å². The van der Waals surface area contributed by atoms with Crippen LogP contribution in [0.3, 0.4) is 0 Å². The molecule has 0 spiro atoms. The largest absolute Gasteiger partial charge is 0.494 e. The Kier molecular flexibility index (Phi) is 6.07. The molecule has 0 saturated heterocycles. The quantitative estimate of drug-likeness (QED) is 0.816. The lowest BCUT2D eigenvalue weighted by molar-refractivity contribution is 0.0949. The fraction of sp³-hybridized carbons (Fsp3) is 0.417. The number of benzene rings is 1. The number of hydrogen-bond acceptors (Lipinski definition) is 3. The van der Waals surface area contributed by atoms with E-state index in [9.17, 15) is 9.18 Å². The molecule has 1 atom stereocenters. The van der Waals surface area contributed by atoms with Crippen LogP contribution in [0.15, 0.2) is 18.2 Å². The number of carbonyl (C=O) groups excluding carboxylic acids is 1. The van der Waals surface area contributed by atoms with E-state index in [-0.39, 0.29) is 22.0 Å². The van der Waals surface area contributed by atoms with Crippen LogP contribution < -0.4 is 10.1 Å². The van der Waals surface area contributed by atoms with Gasteiger partial charge in [0.05, 0.1) is 18.5 Å². The number of rotatable bonds is 6. The average molecular weight is 320 g/mol. The van der Waals surface area contributed by atoms with Crippen molar-refractivity contribution in [2.24, 2.45) is 0 Å². The van der Waals surface area contributed by atoms with Crippen molar-refractivity contribution >= 4 is 21.8 Å². The van der Waals surface area contributed by atoms with Gasteiger partial charge in [-0.3, -0.25) is 4.79 Å². The Bertz CT molecular complexity index is 414. The number of halogens is 2. The van der Waals surface area contributed by atoms with Gasteiger partial charge in [-0.05, 0) is 18.2 Å². The van der Waals surface area contributed by atoms with Crippen molar-refractivity contribution in [2.45, 2.75) is 4.83 Å². The Hall–Kier alpha value is -1.14. The first-order valence-corrected chi connectivity index (χ1v) is 6.24. The molecular formula is C12H15BrFNO3. The third-order valence-electron chi connectivity index (χ3n) is 2.25. The molecule has 0 fully saturated rings. The van der Waals surface area contributed by atoms with E-state index in [2.05, 4.69) is 21.2 Å². The zero-order valence-corrected chi connectivity index (χ0v) is 11.8. The first-order valence-electron chi connectivity index (χ1n) is 5.33. The maximum atomic E-state index is 13.4. The molecule has 1 rings (SSSR count). The SMILES string of the molecule is COCC(Br)CNC(=O)c1ccc(OC)c(F)c1. The molecule has 100 valence electrons. The number of amides is 1. The third kappa shape index (κ3) is 4.27. The van der Waals surface area contributed by atoms with Crippen molar-refractivity contribution in [3.8, 4) is 5.75 Å². The summed E-state index contributed by atoms with van der Waals surface area (Å²) < 4.78 is 23.1. The predicted octanol–water partition coefficient (Wildman–Crippen LogP) is 1.97. The maximum Gasteiger partial charge on any atom is 0.251 e. The van der Waals surface area contributed by atoms with Crippen LogP contribution in [0.4, 0.5) is 4.39 Å². The molecule has 4 nitrogen and oxygen atoms in total. The van der Waals surface area contributed by atoms with E-state index >= 15 is 0 Å². The second kappa shape index (κ2) is 7.33. The second-order valence-electron chi connectivity index (χ2n) is 3.61. The number of alkyl halides is 1. The fourth-order valence-corrected chi connectivity index (χ4v) is 1.78. The van der Waals surface area contributed by atoms with Gasteiger partial charge in [-0.25, -0.2) is 4.39 Å².